The number of halogens is 1. The fraction of sp³-hybridized carbons (Fsp3) is 0.0588. The number of hydrogen-bond acceptors (Lipinski definition) is 2. The molecule has 0 aliphatic carbocycles. The van der Waals surface area contributed by atoms with Crippen LogP contribution in [0.25, 0.3) is 6.08 Å². The molecule has 0 aliphatic heterocycles. The van der Waals surface area contributed by atoms with Crippen molar-refractivity contribution in [2.45, 2.75) is 6.92 Å². The van der Waals surface area contributed by atoms with Gasteiger partial charge in [0, 0.05) is 10.5 Å². The Bertz CT molecular complexity index is 675. The first-order valence-electron chi connectivity index (χ1n) is 6.47. The van der Waals surface area contributed by atoms with Crippen LogP contribution < -0.4 is 5.43 Å². The van der Waals surface area contributed by atoms with Gasteiger partial charge in [-0.1, -0.05) is 57.9 Å². The minimum Gasteiger partial charge on any atom is -0.268 e. The van der Waals surface area contributed by atoms with E-state index in [1.807, 2.05) is 55.5 Å². The number of nitrogens with zero attached hydrogens (tertiary/aromatic N) is 1. The lowest BCUT2D eigenvalue weighted by molar-refractivity contribution is -0.116. The van der Waals surface area contributed by atoms with Crippen LogP contribution in [-0.4, -0.2) is 12.1 Å². The van der Waals surface area contributed by atoms with E-state index in [4.69, 9.17) is 0 Å². The van der Waals surface area contributed by atoms with E-state index >= 15 is 0 Å². The van der Waals surface area contributed by atoms with Crippen molar-refractivity contribution in [3.63, 3.8) is 0 Å². The van der Waals surface area contributed by atoms with E-state index in [0.717, 1.165) is 15.6 Å². The fourth-order valence-electron chi connectivity index (χ4n) is 1.64. The molecule has 2 aromatic carbocycles. The van der Waals surface area contributed by atoms with Gasteiger partial charge in [-0.2, -0.15) is 5.10 Å². The van der Waals surface area contributed by atoms with Crippen LogP contribution in [0.5, 0.6) is 0 Å². The first kappa shape index (κ1) is 15.2. The minimum absolute atomic E-state index is 0.262. The van der Waals surface area contributed by atoms with Gasteiger partial charge in [-0.05, 0) is 36.3 Å². The standard InChI is InChI=1S/C17H15BrN2O/c1-13-5-7-14(8-6-13)9-10-17(21)20-19-12-15-3-2-4-16(18)11-15/h2-12H,1H3,(H,20,21)/b10-9+,19-12-. The number of benzene rings is 2. The molecule has 0 spiro atoms. The number of carbonyl (C=O) groups is 1. The highest BCUT2D eigenvalue weighted by atomic mass is 79.9. The van der Waals surface area contributed by atoms with E-state index < -0.39 is 0 Å². The van der Waals surface area contributed by atoms with Crippen molar-refractivity contribution in [2.24, 2.45) is 5.10 Å². The molecule has 0 atom stereocenters. The third kappa shape index (κ3) is 5.36. The molecule has 2 rings (SSSR count). The van der Waals surface area contributed by atoms with Crippen molar-refractivity contribution < 1.29 is 4.79 Å². The van der Waals surface area contributed by atoms with E-state index in [2.05, 4.69) is 26.5 Å². The highest BCUT2D eigenvalue weighted by Crippen LogP contribution is 2.09. The molecule has 21 heavy (non-hydrogen) atoms. The highest BCUT2D eigenvalue weighted by Gasteiger charge is 1.93. The van der Waals surface area contributed by atoms with Crippen molar-refractivity contribution in [3.8, 4) is 0 Å². The Morgan fingerprint density at radius 2 is 1.90 bits per heavy atom. The molecule has 1 amide bonds. The number of rotatable bonds is 4. The number of hydrogen-bond donors (Lipinski definition) is 1. The molecule has 0 aromatic heterocycles. The minimum atomic E-state index is -0.262. The molecule has 0 bridgehead atoms. The summed E-state index contributed by atoms with van der Waals surface area (Å²) in [7, 11) is 0. The zero-order valence-electron chi connectivity index (χ0n) is 11.6. The Hall–Kier alpha value is -2.20. The monoisotopic (exact) mass is 342 g/mol. The average Bonchev–Trinajstić information content (AvgIpc) is 2.47. The first-order valence-corrected chi connectivity index (χ1v) is 7.26. The van der Waals surface area contributed by atoms with Crippen LogP contribution in [0.3, 0.4) is 0 Å². The second-order valence-electron chi connectivity index (χ2n) is 4.53. The summed E-state index contributed by atoms with van der Waals surface area (Å²) < 4.78 is 0.969. The molecule has 106 valence electrons. The van der Waals surface area contributed by atoms with Gasteiger partial charge in [0.2, 0.25) is 0 Å². The van der Waals surface area contributed by atoms with E-state index in [0.29, 0.717) is 0 Å². The summed E-state index contributed by atoms with van der Waals surface area (Å²) in [6.07, 6.45) is 4.81. The topological polar surface area (TPSA) is 41.5 Å². The van der Waals surface area contributed by atoms with Crippen molar-refractivity contribution >= 4 is 34.1 Å². The second-order valence-corrected chi connectivity index (χ2v) is 5.45. The Balaban J connectivity index is 1.88. The summed E-state index contributed by atoms with van der Waals surface area (Å²) >= 11 is 3.38. The van der Waals surface area contributed by atoms with Crippen molar-refractivity contribution in [1.29, 1.82) is 0 Å². The molecule has 2 aromatic rings. The molecule has 0 radical (unpaired) electrons. The summed E-state index contributed by atoms with van der Waals surface area (Å²) in [5, 5.41) is 3.91. The van der Waals surface area contributed by atoms with E-state index in [-0.39, 0.29) is 5.91 Å². The zero-order chi connectivity index (χ0) is 15.1. The third-order valence-electron chi connectivity index (χ3n) is 2.74. The van der Waals surface area contributed by atoms with Gasteiger partial charge in [0.25, 0.3) is 5.91 Å². The van der Waals surface area contributed by atoms with Crippen LogP contribution in [0.15, 0.2) is 64.2 Å². The normalized spacial score (nSPS) is 11.1. The molecule has 3 nitrogen and oxygen atoms in total. The SMILES string of the molecule is Cc1ccc(/C=C/C(=O)N/N=C\c2cccc(Br)c2)cc1. The van der Waals surface area contributed by atoms with Crippen molar-refractivity contribution in [3.05, 3.63) is 75.8 Å². The number of nitrogens with one attached hydrogen (secondary N) is 1. The van der Waals surface area contributed by atoms with Crippen LogP contribution in [-0.2, 0) is 4.79 Å². The van der Waals surface area contributed by atoms with Gasteiger partial charge in [-0.25, -0.2) is 5.43 Å². The first-order chi connectivity index (χ1) is 10.1. The summed E-state index contributed by atoms with van der Waals surface area (Å²) in [5.41, 5.74) is 5.54. The van der Waals surface area contributed by atoms with Crippen LogP contribution in [0.4, 0.5) is 0 Å². The van der Waals surface area contributed by atoms with Crippen molar-refractivity contribution in [2.75, 3.05) is 0 Å². The molecule has 1 N–H and O–H groups in total. The van der Waals surface area contributed by atoms with E-state index in [1.165, 1.54) is 11.6 Å². The lowest BCUT2D eigenvalue weighted by Crippen LogP contribution is -2.14. The Kier molecular flexibility index (Phi) is 5.46. The molecule has 0 heterocycles. The average molecular weight is 343 g/mol. The maximum absolute atomic E-state index is 11.6. The van der Waals surface area contributed by atoms with Crippen LogP contribution in [0.2, 0.25) is 0 Å². The smallest absolute Gasteiger partial charge is 0.264 e. The number of aryl methyl sites for hydroxylation is 1. The predicted octanol–water partition coefficient (Wildman–Crippen LogP) is 3.92. The Morgan fingerprint density at radius 1 is 1.14 bits per heavy atom. The Labute approximate surface area is 132 Å². The summed E-state index contributed by atoms with van der Waals surface area (Å²) in [6, 6.07) is 15.6. The molecular formula is C17H15BrN2O. The lowest BCUT2D eigenvalue weighted by atomic mass is 10.1. The fourth-order valence-corrected chi connectivity index (χ4v) is 2.06. The van der Waals surface area contributed by atoms with Crippen LogP contribution >= 0.6 is 15.9 Å². The molecule has 0 saturated heterocycles. The molecule has 4 heteroatoms. The van der Waals surface area contributed by atoms with Gasteiger partial charge in [-0.3, -0.25) is 4.79 Å². The maximum atomic E-state index is 11.6. The lowest BCUT2D eigenvalue weighted by Gasteiger charge is -1.96. The van der Waals surface area contributed by atoms with E-state index in [1.54, 1.807) is 12.3 Å². The zero-order valence-corrected chi connectivity index (χ0v) is 13.2. The third-order valence-corrected chi connectivity index (χ3v) is 3.23. The summed E-state index contributed by atoms with van der Waals surface area (Å²) in [5.74, 6) is -0.262. The number of hydrazone groups is 1. The van der Waals surface area contributed by atoms with Crippen molar-refractivity contribution in [1.82, 2.24) is 5.43 Å². The largest absolute Gasteiger partial charge is 0.268 e. The Morgan fingerprint density at radius 3 is 2.62 bits per heavy atom. The van der Waals surface area contributed by atoms with Gasteiger partial charge < -0.3 is 0 Å². The second kappa shape index (κ2) is 7.55. The molecule has 0 aliphatic rings. The highest BCUT2D eigenvalue weighted by molar-refractivity contribution is 9.10. The number of carbonyl (C=O) groups excluding carboxylic acids is 1. The van der Waals surface area contributed by atoms with Crippen LogP contribution in [0.1, 0.15) is 16.7 Å². The summed E-state index contributed by atoms with van der Waals surface area (Å²) in [6.45, 7) is 2.02. The molecule has 0 fully saturated rings. The predicted molar refractivity (Wildman–Crippen MR) is 90.1 cm³/mol. The van der Waals surface area contributed by atoms with Gasteiger partial charge >= 0.3 is 0 Å². The summed E-state index contributed by atoms with van der Waals surface area (Å²) in [4.78, 5) is 11.6. The van der Waals surface area contributed by atoms with Crippen LogP contribution in [0, 0.1) is 6.92 Å². The quantitative estimate of drug-likeness (QED) is 0.510. The van der Waals surface area contributed by atoms with Gasteiger partial charge in [0.05, 0.1) is 6.21 Å². The van der Waals surface area contributed by atoms with Gasteiger partial charge in [0.1, 0.15) is 0 Å². The molecule has 0 saturated carbocycles. The maximum Gasteiger partial charge on any atom is 0.264 e. The number of amides is 1. The van der Waals surface area contributed by atoms with E-state index in [9.17, 15) is 4.79 Å². The molecular weight excluding hydrogens is 328 g/mol. The van der Waals surface area contributed by atoms with Gasteiger partial charge in [-0.15, -0.1) is 0 Å². The van der Waals surface area contributed by atoms with Gasteiger partial charge in [0.15, 0.2) is 0 Å². The molecule has 0 unspecified atom stereocenters.